The van der Waals surface area contributed by atoms with E-state index in [-0.39, 0.29) is 6.10 Å². The fraction of sp³-hybridized carbons (Fsp3) is 0.333. The first kappa shape index (κ1) is 13.0. The molecule has 0 spiro atoms. The molecule has 0 bridgehead atoms. The monoisotopic (exact) mass is 267 g/mol. The third kappa shape index (κ3) is 2.38. The maximum absolute atomic E-state index is 5.90. The third-order valence-corrected chi connectivity index (χ3v) is 3.80. The number of hydrogen-bond donors (Lipinski definition) is 0. The van der Waals surface area contributed by atoms with Gasteiger partial charge in [-0.05, 0) is 42.7 Å². The van der Waals surface area contributed by atoms with Crippen molar-refractivity contribution >= 4 is 11.4 Å². The minimum Gasteiger partial charge on any atom is -0.487 e. The summed E-state index contributed by atoms with van der Waals surface area (Å²) in [6, 6.07) is 17.1. The van der Waals surface area contributed by atoms with Crippen molar-refractivity contribution in [3.63, 3.8) is 0 Å². The molecule has 3 rings (SSSR count). The Morgan fingerprint density at radius 3 is 2.45 bits per heavy atom. The summed E-state index contributed by atoms with van der Waals surface area (Å²) in [6.07, 6.45) is 0.203. The van der Waals surface area contributed by atoms with Crippen molar-refractivity contribution < 1.29 is 4.74 Å². The average Bonchev–Trinajstić information content (AvgIpc) is 2.46. The summed E-state index contributed by atoms with van der Waals surface area (Å²) < 4.78 is 5.90. The van der Waals surface area contributed by atoms with Gasteiger partial charge in [0.2, 0.25) is 0 Å². The van der Waals surface area contributed by atoms with E-state index in [1.54, 1.807) is 0 Å². The lowest BCUT2D eigenvalue weighted by atomic mass is 10.0. The van der Waals surface area contributed by atoms with Gasteiger partial charge < -0.3 is 9.64 Å². The van der Waals surface area contributed by atoms with E-state index >= 15 is 0 Å². The fourth-order valence-corrected chi connectivity index (χ4v) is 2.67. The minimum absolute atomic E-state index is 0.203. The van der Waals surface area contributed by atoms with Gasteiger partial charge in [-0.3, -0.25) is 0 Å². The van der Waals surface area contributed by atoms with Gasteiger partial charge in [0.05, 0.1) is 12.2 Å². The molecule has 2 aromatic rings. The molecule has 1 unspecified atom stereocenters. The van der Waals surface area contributed by atoms with Crippen LogP contribution in [0.2, 0.25) is 0 Å². The van der Waals surface area contributed by atoms with Gasteiger partial charge in [-0.15, -0.1) is 0 Å². The Balaban J connectivity index is 1.97. The molecule has 2 nitrogen and oxygen atoms in total. The van der Waals surface area contributed by atoms with Crippen LogP contribution >= 0.6 is 0 Å². The summed E-state index contributed by atoms with van der Waals surface area (Å²) in [5.41, 5.74) is 3.77. The van der Waals surface area contributed by atoms with E-state index in [1.807, 2.05) is 12.1 Å². The van der Waals surface area contributed by atoms with Gasteiger partial charge in [0.1, 0.15) is 11.9 Å². The maximum Gasteiger partial charge on any atom is 0.143 e. The Bertz CT molecular complexity index is 589. The zero-order valence-electron chi connectivity index (χ0n) is 12.3. The lowest BCUT2D eigenvalue weighted by Crippen LogP contribution is -2.35. The van der Waals surface area contributed by atoms with Crippen molar-refractivity contribution in [2.24, 2.45) is 0 Å². The summed E-state index contributed by atoms with van der Waals surface area (Å²) in [5.74, 6) is 1.54. The average molecular weight is 267 g/mol. The summed E-state index contributed by atoms with van der Waals surface area (Å²) in [5, 5.41) is 0. The Kier molecular flexibility index (Phi) is 3.39. The molecule has 20 heavy (non-hydrogen) atoms. The predicted molar refractivity (Wildman–Crippen MR) is 84.1 cm³/mol. The molecule has 0 aliphatic carbocycles. The van der Waals surface area contributed by atoms with Crippen LogP contribution in [0.5, 0.6) is 5.75 Å². The van der Waals surface area contributed by atoms with Crippen LogP contribution in [0.4, 0.5) is 11.4 Å². The van der Waals surface area contributed by atoms with Crippen LogP contribution in [0.3, 0.4) is 0 Å². The molecule has 1 atom stereocenters. The number of para-hydroxylation sites is 2. The van der Waals surface area contributed by atoms with Crippen molar-refractivity contribution in [1.29, 1.82) is 0 Å². The molecular formula is C18H21NO. The van der Waals surface area contributed by atoms with Gasteiger partial charge in [-0.25, -0.2) is 0 Å². The maximum atomic E-state index is 5.90. The highest BCUT2D eigenvalue weighted by Gasteiger charge is 2.23. The summed E-state index contributed by atoms with van der Waals surface area (Å²) >= 11 is 0. The van der Waals surface area contributed by atoms with E-state index in [0.29, 0.717) is 5.92 Å². The number of fused-ring (bicyclic) bond motifs is 1. The Hall–Kier alpha value is -1.96. The standard InChI is InChI=1S/C18H21NO/c1-13(2)15-8-10-16(11-9-15)19-12-14(3)20-18-7-5-4-6-17(18)19/h4-11,13-14H,12H2,1-3H3. The van der Waals surface area contributed by atoms with E-state index in [1.165, 1.54) is 11.3 Å². The number of rotatable bonds is 2. The molecule has 0 saturated heterocycles. The molecule has 0 N–H and O–H groups in total. The molecule has 0 fully saturated rings. The van der Waals surface area contributed by atoms with E-state index in [2.05, 4.69) is 62.1 Å². The van der Waals surface area contributed by atoms with E-state index < -0.39 is 0 Å². The van der Waals surface area contributed by atoms with E-state index in [9.17, 15) is 0 Å². The van der Waals surface area contributed by atoms with Crippen molar-refractivity contribution in [2.75, 3.05) is 11.4 Å². The number of benzene rings is 2. The van der Waals surface area contributed by atoms with Gasteiger partial charge in [0.25, 0.3) is 0 Å². The SMILES string of the molecule is CC1CN(c2ccc(C(C)C)cc2)c2ccccc2O1. The zero-order valence-corrected chi connectivity index (χ0v) is 12.3. The first-order valence-corrected chi connectivity index (χ1v) is 7.28. The van der Waals surface area contributed by atoms with Gasteiger partial charge in [0.15, 0.2) is 0 Å². The van der Waals surface area contributed by atoms with Gasteiger partial charge in [-0.2, -0.15) is 0 Å². The van der Waals surface area contributed by atoms with Crippen molar-refractivity contribution in [2.45, 2.75) is 32.8 Å². The summed E-state index contributed by atoms with van der Waals surface area (Å²) in [4.78, 5) is 2.34. The highest BCUT2D eigenvalue weighted by molar-refractivity contribution is 5.70. The second-order valence-corrected chi connectivity index (χ2v) is 5.75. The topological polar surface area (TPSA) is 12.5 Å². The number of hydrogen-bond acceptors (Lipinski definition) is 2. The molecule has 1 heterocycles. The molecule has 0 radical (unpaired) electrons. The first-order valence-electron chi connectivity index (χ1n) is 7.28. The molecule has 2 heteroatoms. The number of nitrogens with zero attached hydrogens (tertiary/aromatic N) is 1. The smallest absolute Gasteiger partial charge is 0.143 e. The van der Waals surface area contributed by atoms with E-state index in [0.717, 1.165) is 18.0 Å². The largest absolute Gasteiger partial charge is 0.487 e. The second-order valence-electron chi connectivity index (χ2n) is 5.75. The fourth-order valence-electron chi connectivity index (χ4n) is 2.67. The van der Waals surface area contributed by atoms with Gasteiger partial charge in [0, 0.05) is 5.69 Å². The quantitative estimate of drug-likeness (QED) is 0.780. The van der Waals surface area contributed by atoms with Crippen molar-refractivity contribution in [3.8, 4) is 5.75 Å². The lowest BCUT2D eigenvalue weighted by molar-refractivity contribution is 0.218. The predicted octanol–water partition coefficient (Wildman–Crippen LogP) is 4.73. The number of ether oxygens (including phenoxy) is 1. The van der Waals surface area contributed by atoms with Crippen LogP contribution in [0.1, 0.15) is 32.3 Å². The van der Waals surface area contributed by atoms with Crippen LogP contribution in [0.15, 0.2) is 48.5 Å². The Morgan fingerprint density at radius 1 is 1.05 bits per heavy atom. The normalized spacial score (nSPS) is 17.8. The molecule has 0 amide bonds. The highest BCUT2D eigenvalue weighted by Crippen LogP contribution is 2.38. The highest BCUT2D eigenvalue weighted by atomic mass is 16.5. The molecule has 1 aliphatic rings. The van der Waals surface area contributed by atoms with E-state index in [4.69, 9.17) is 4.74 Å². The molecule has 0 aromatic heterocycles. The first-order chi connectivity index (χ1) is 9.65. The van der Waals surface area contributed by atoms with Crippen LogP contribution in [0.25, 0.3) is 0 Å². The molecule has 104 valence electrons. The van der Waals surface area contributed by atoms with Crippen LogP contribution in [-0.2, 0) is 0 Å². The van der Waals surface area contributed by atoms with Gasteiger partial charge >= 0.3 is 0 Å². The Morgan fingerprint density at radius 2 is 1.75 bits per heavy atom. The lowest BCUT2D eigenvalue weighted by Gasteiger charge is -2.35. The van der Waals surface area contributed by atoms with Crippen LogP contribution in [-0.4, -0.2) is 12.6 Å². The van der Waals surface area contributed by atoms with Crippen LogP contribution in [0, 0.1) is 0 Å². The minimum atomic E-state index is 0.203. The molecule has 2 aromatic carbocycles. The molecular weight excluding hydrogens is 246 g/mol. The zero-order chi connectivity index (χ0) is 14.1. The number of anilines is 2. The van der Waals surface area contributed by atoms with Gasteiger partial charge in [-0.1, -0.05) is 38.1 Å². The summed E-state index contributed by atoms with van der Waals surface area (Å²) in [6.45, 7) is 7.45. The van der Waals surface area contributed by atoms with Crippen molar-refractivity contribution in [3.05, 3.63) is 54.1 Å². The third-order valence-electron chi connectivity index (χ3n) is 3.80. The van der Waals surface area contributed by atoms with Crippen molar-refractivity contribution in [1.82, 2.24) is 0 Å². The second kappa shape index (κ2) is 5.20. The molecule has 1 aliphatic heterocycles. The summed E-state index contributed by atoms with van der Waals surface area (Å²) in [7, 11) is 0. The molecule has 0 saturated carbocycles. The Labute approximate surface area is 121 Å². The van der Waals surface area contributed by atoms with Crippen LogP contribution < -0.4 is 9.64 Å².